The number of piperidine rings is 1. The van der Waals surface area contributed by atoms with Crippen LogP contribution in [0.4, 0.5) is 5.82 Å². The fraction of sp³-hybridized carbons (Fsp3) is 0.500. The topological polar surface area (TPSA) is 77.3 Å². The molecule has 1 aromatic carbocycles. The molecule has 0 aliphatic carbocycles. The predicted octanol–water partition coefficient (Wildman–Crippen LogP) is 5.59. The van der Waals surface area contributed by atoms with Crippen molar-refractivity contribution in [1.29, 1.82) is 0 Å². The number of rotatable bonds is 9. The Hall–Kier alpha value is -3.01. The molecule has 3 aromatic heterocycles. The summed E-state index contributed by atoms with van der Waals surface area (Å²) in [6, 6.07) is 9.01. The van der Waals surface area contributed by atoms with Crippen molar-refractivity contribution in [2.45, 2.75) is 77.8 Å². The summed E-state index contributed by atoms with van der Waals surface area (Å²) < 4.78 is 14.2. The van der Waals surface area contributed by atoms with Crippen LogP contribution < -0.4 is 10.1 Å². The molecule has 0 spiro atoms. The summed E-state index contributed by atoms with van der Waals surface area (Å²) in [5.74, 6) is 2.97. The van der Waals surface area contributed by atoms with Crippen LogP contribution in [0.5, 0.6) is 5.75 Å². The first-order valence-corrected chi connectivity index (χ1v) is 14.8. The monoisotopic (exact) mass is 546 g/mol. The van der Waals surface area contributed by atoms with Gasteiger partial charge in [0, 0.05) is 55.9 Å². The number of aryl methyl sites for hydroxylation is 2. The molecular weight excluding hydrogens is 508 g/mol. The fourth-order valence-electron chi connectivity index (χ4n) is 5.63. The highest BCUT2D eigenvalue weighted by molar-refractivity contribution is 7.18. The molecule has 6 rings (SSSR count). The highest BCUT2D eigenvalue weighted by Crippen LogP contribution is 2.40. The number of likely N-dealkylation sites (tertiary alicyclic amines) is 1. The van der Waals surface area contributed by atoms with Gasteiger partial charge in [-0.3, -0.25) is 4.90 Å². The molecule has 0 radical (unpaired) electrons. The summed E-state index contributed by atoms with van der Waals surface area (Å²) in [6.07, 6.45) is 9.62. The third-order valence-electron chi connectivity index (χ3n) is 7.86. The number of nitrogens with one attached hydrogen (secondary N) is 1. The number of thiophene rings is 1. The maximum Gasteiger partial charge on any atom is 0.138 e. The molecule has 0 saturated carbocycles. The molecule has 9 heteroatoms. The van der Waals surface area contributed by atoms with Crippen LogP contribution in [0, 0.1) is 6.92 Å². The van der Waals surface area contributed by atoms with E-state index in [0.29, 0.717) is 19.3 Å². The second-order valence-corrected chi connectivity index (χ2v) is 12.4. The van der Waals surface area contributed by atoms with Gasteiger partial charge in [-0.05, 0) is 63.3 Å². The van der Waals surface area contributed by atoms with E-state index < -0.39 is 0 Å². The van der Waals surface area contributed by atoms with Crippen molar-refractivity contribution in [2.75, 3.05) is 25.0 Å². The number of ether oxygens (including phenoxy) is 2. The van der Waals surface area contributed by atoms with Crippen LogP contribution in [0.1, 0.15) is 54.9 Å². The molecule has 206 valence electrons. The van der Waals surface area contributed by atoms with E-state index in [9.17, 15) is 0 Å². The Balaban J connectivity index is 0.986. The number of imidazole rings is 1. The van der Waals surface area contributed by atoms with Crippen LogP contribution in [-0.4, -0.2) is 55.8 Å². The van der Waals surface area contributed by atoms with Gasteiger partial charge in [0.1, 0.15) is 28.5 Å². The molecule has 1 N–H and O–H groups in total. The summed E-state index contributed by atoms with van der Waals surface area (Å²) in [5, 5.41) is 4.99. The third kappa shape index (κ3) is 6.10. The first kappa shape index (κ1) is 26.2. The molecule has 4 aromatic rings. The van der Waals surface area contributed by atoms with Crippen molar-refractivity contribution in [2.24, 2.45) is 0 Å². The Bertz CT molecular complexity index is 1400. The Morgan fingerprint density at radius 1 is 1.13 bits per heavy atom. The van der Waals surface area contributed by atoms with E-state index in [2.05, 4.69) is 67.8 Å². The largest absolute Gasteiger partial charge is 0.494 e. The molecule has 0 atom stereocenters. The second-order valence-electron chi connectivity index (χ2n) is 11.3. The average Bonchev–Trinajstić information content (AvgIpc) is 3.51. The highest BCUT2D eigenvalue weighted by atomic mass is 32.1. The van der Waals surface area contributed by atoms with Gasteiger partial charge in [-0.15, -0.1) is 11.3 Å². The Labute approximate surface area is 234 Å². The zero-order valence-electron chi connectivity index (χ0n) is 23.2. The number of aromatic nitrogens is 4. The fourth-order valence-corrected chi connectivity index (χ4v) is 6.70. The number of anilines is 1. The van der Waals surface area contributed by atoms with Gasteiger partial charge in [-0.25, -0.2) is 15.0 Å². The van der Waals surface area contributed by atoms with E-state index in [0.717, 1.165) is 74.1 Å². The molecule has 8 nitrogen and oxygen atoms in total. The van der Waals surface area contributed by atoms with Crippen LogP contribution in [-0.2, 0) is 30.9 Å². The summed E-state index contributed by atoms with van der Waals surface area (Å²) in [4.78, 5) is 18.4. The van der Waals surface area contributed by atoms with E-state index in [4.69, 9.17) is 9.47 Å². The lowest BCUT2D eigenvalue weighted by Gasteiger charge is -2.33. The minimum atomic E-state index is -0.149. The minimum Gasteiger partial charge on any atom is -0.494 e. The van der Waals surface area contributed by atoms with Crippen LogP contribution in [0.15, 0.2) is 43.0 Å². The van der Waals surface area contributed by atoms with Crippen molar-refractivity contribution in [3.05, 3.63) is 64.8 Å². The predicted molar refractivity (Wildman–Crippen MR) is 155 cm³/mol. The smallest absolute Gasteiger partial charge is 0.138 e. The second kappa shape index (κ2) is 11.2. The zero-order chi connectivity index (χ0) is 26.8. The number of nitrogens with zero attached hydrogens (tertiary/aromatic N) is 5. The van der Waals surface area contributed by atoms with E-state index in [1.165, 1.54) is 21.4 Å². The van der Waals surface area contributed by atoms with Crippen molar-refractivity contribution in [3.63, 3.8) is 0 Å². The standard InChI is InChI=1S/C30H38N6O2S/c1-21-31-11-15-36(21)12-4-16-37-24-7-5-22(6-8-24)18-35-13-9-23(10-14-35)34-28-27-25-17-30(2,3)38-19-26(25)39-29(27)33-20-32-28/h5-8,11,15,20,23H,4,9-10,12-14,16-19H2,1-3H3,(H,32,33,34). The van der Waals surface area contributed by atoms with E-state index in [1.54, 1.807) is 17.7 Å². The molecule has 0 unspecified atom stereocenters. The molecule has 2 aliphatic heterocycles. The van der Waals surface area contributed by atoms with Gasteiger partial charge >= 0.3 is 0 Å². The van der Waals surface area contributed by atoms with Crippen LogP contribution in [0.2, 0.25) is 0 Å². The Morgan fingerprint density at radius 3 is 2.72 bits per heavy atom. The van der Waals surface area contributed by atoms with Crippen LogP contribution in [0.3, 0.4) is 0 Å². The molecular formula is C30H38N6O2S. The molecule has 1 saturated heterocycles. The van der Waals surface area contributed by atoms with Crippen LogP contribution in [0.25, 0.3) is 10.2 Å². The molecule has 1 fully saturated rings. The third-order valence-corrected chi connectivity index (χ3v) is 8.97. The number of hydrogen-bond acceptors (Lipinski definition) is 8. The summed E-state index contributed by atoms with van der Waals surface area (Å²) in [6.45, 7) is 11.8. The number of hydrogen-bond donors (Lipinski definition) is 1. The van der Waals surface area contributed by atoms with Gasteiger partial charge in [0.2, 0.25) is 0 Å². The average molecular weight is 547 g/mol. The van der Waals surface area contributed by atoms with Gasteiger partial charge in [0.15, 0.2) is 0 Å². The molecule has 2 aliphatic rings. The quantitative estimate of drug-likeness (QED) is 0.274. The molecule has 5 heterocycles. The van der Waals surface area contributed by atoms with E-state index >= 15 is 0 Å². The first-order valence-electron chi connectivity index (χ1n) is 14.0. The lowest BCUT2D eigenvalue weighted by molar-refractivity contribution is -0.0379. The van der Waals surface area contributed by atoms with Gasteiger partial charge in [0.05, 0.1) is 24.2 Å². The summed E-state index contributed by atoms with van der Waals surface area (Å²) >= 11 is 1.75. The summed E-state index contributed by atoms with van der Waals surface area (Å²) in [5.41, 5.74) is 2.55. The highest BCUT2D eigenvalue weighted by Gasteiger charge is 2.31. The normalized spacial score (nSPS) is 17.8. The first-order chi connectivity index (χ1) is 18.9. The van der Waals surface area contributed by atoms with Crippen molar-refractivity contribution in [3.8, 4) is 5.75 Å². The minimum absolute atomic E-state index is 0.149. The Morgan fingerprint density at radius 2 is 1.95 bits per heavy atom. The maximum atomic E-state index is 6.04. The lowest BCUT2D eigenvalue weighted by Crippen LogP contribution is -2.38. The van der Waals surface area contributed by atoms with Crippen LogP contribution >= 0.6 is 11.3 Å². The van der Waals surface area contributed by atoms with Crippen molar-refractivity contribution < 1.29 is 9.47 Å². The summed E-state index contributed by atoms with van der Waals surface area (Å²) in [7, 11) is 0. The number of fused-ring (bicyclic) bond motifs is 3. The maximum absolute atomic E-state index is 6.04. The van der Waals surface area contributed by atoms with Crippen molar-refractivity contribution in [1.82, 2.24) is 24.4 Å². The Kier molecular flexibility index (Phi) is 7.55. The number of benzene rings is 1. The molecule has 0 amide bonds. The van der Waals surface area contributed by atoms with Gasteiger partial charge < -0.3 is 19.4 Å². The van der Waals surface area contributed by atoms with Gasteiger partial charge in [-0.1, -0.05) is 12.1 Å². The van der Waals surface area contributed by atoms with E-state index in [1.807, 2.05) is 19.3 Å². The van der Waals surface area contributed by atoms with Gasteiger partial charge in [0.25, 0.3) is 0 Å². The van der Waals surface area contributed by atoms with Crippen molar-refractivity contribution >= 4 is 27.4 Å². The SMILES string of the molecule is Cc1nccn1CCCOc1ccc(CN2CCC(Nc3ncnc4sc5c(c34)CC(C)(C)OC5)CC2)cc1. The lowest BCUT2D eigenvalue weighted by atomic mass is 9.94. The molecule has 39 heavy (non-hydrogen) atoms. The van der Waals surface area contributed by atoms with E-state index in [-0.39, 0.29) is 5.60 Å². The molecule has 0 bridgehead atoms. The zero-order valence-corrected chi connectivity index (χ0v) is 24.0. The van der Waals surface area contributed by atoms with Gasteiger partial charge in [-0.2, -0.15) is 0 Å².